The van der Waals surface area contributed by atoms with Crippen LogP contribution in [0.1, 0.15) is 11.1 Å². The first kappa shape index (κ1) is 14.0. The molecule has 0 saturated heterocycles. The van der Waals surface area contributed by atoms with Crippen molar-refractivity contribution in [2.45, 2.75) is 8.87 Å². The number of hydrogen-bond donors (Lipinski definition) is 0. The molecule has 2 aromatic rings. The molecule has 0 spiro atoms. The summed E-state index contributed by atoms with van der Waals surface area (Å²) in [5.74, 6) is 0. The Kier molecular flexibility index (Phi) is 5.22. The van der Waals surface area contributed by atoms with Gasteiger partial charge in [0.05, 0.1) is 0 Å². The second-order valence-electron chi connectivity index (χ2n) is 4.15. The first-order valence-electron chi connectivity index (χ1n) is 5.64. The molecule has 2 aromatic carbocycles. The van der Waals surface area contributed by atoms with Gasteiger partial charge in [0.1, 0.15) is 0 Å². The van der Waals surface area contributed by atoms with Crippen LogP contribution < -0.4 is 0 Å². The zero-order valence-corrected chi connectivity index (χ0v) is 14.1. The summed E-state index contributed by atoms with van der Waals surface area (Å²) in [6.45, 7) is 0. The fourth-order valence-corrected chi connectivity index (χ4v) is 6.45. The average molecular weight is 386 g/mol. The second-order valence-corrected chi connectivity index (χ2v) is 10.1. The Balaban J connectivity index is 2.01. The van der Waals surface area contributed by atoms with Crippen molar-refractivity contribution in [3.8, 4) is 0 Å². The molecular weight excluding hydrogens is 374 g/mol. The summed E-state index contributed by atoms with van der Waals surface area (Å²) in [4.78, 5) is 0. The van der Waals surface area contributed by atoms with Crippen LogP contribution in [0.3, 0.4) is 0 Å². The monoisotopic (exact) mass is 386 g/mol. The molecule has 0 radical (unpaired) electrons. The van der Waals surface area contributed by atoms with Crippen LogP contribution >= 0.6 is 23.2 Å². The van der Waals surface area contributed by atoms with Gasteiger partial charge in [-0.2, -0.15) is 0 Å². The van der Waals surface area contributed by atoms with E-state index in [0.717, 1.165) is 11.1 Å². The summed E-state index contributed by atoms with van der Waals surface area (Å²) in [7, 11) is 0. The first-order chi connectivity index (χ1) is 8.63. The van der Waals surface area contributed by atoms with Crippen molar-refractivity contribution in [2.24, 2.45) is 0 Å². The summed E-state index contributed by atoms with van der Waals surface area (Å²) in [6.07, 6.45) is 0. The summed E-state index contributed by atoms with van der Waals surface area (Å²) >= 11 is 9.18. The van der Waals surface area contributed by atoms with E-state index >= 15 is 0 Å². The van der Waals surface area contributed by atoms with Gasteiger partial charge >= 0.3 is 125 Å². The quantitative estimate of drug-likeness (QED) is 0.718. The Morgan fingerprint density at radius 2 is 1.28 bits per heavy atom. The molecule has 0 aliphatic heterocycles. The molecule has 4 heteroatoms. The van der Waals surface area contributed by atoms with E-state index in [2.05, 4.69) is 0 Å². The Hall–Kier alpha value is -0.381. The van der Waals surface area contributed by atoms with Crippen LogP contribution in [0.2, 0.25) is 10.0 Å². The van der Waals surface area contributed by atoms with E-state index in [1.165, 1.54) is 0 Å². The van der Waals surface area contributed by atoms with E-state index in [1.54, 1.807) is 0 Å². The van der Waals surface area contributed by atoms with Gasteiger partial charge in [-0.05, 0) is 0 Å². The maximum absolute atomic E-state index is 12.2. The minimum atomic E-state index is -2.64. The van der Waals surface area contributed by atoms with Crippen LogP contribution in [-0.4, -0.2) is 19.7 Å². The van der Waals surface area contributed by atoms with Gasteiger partial charge in [-0.25, -0.2) is 0 Å². The van der Waals surface area contributed by atoms with E-state index in [0.29, 0.717) is 18.9 Å². The van der Waals surface area contributed by atoms with Crippen molar-refractivity contribution < 1.29 is 3.08 Å². The topological polar surface area (TPSA) is 17.1 Å². The third-order valence-corrected chi connectivity index (χ3v) is 7.63. The predicted octanol–water partition coefficient (Wildman–Crippen LogP) is 4.28. The first-order valence-corrected chi connectivity index (χ1v) is 11.6. The van der Waals surface area contributed by atoms with Crippen molar-refractivity contribution >= 4 is 42.9 Å². The molecule has 0 aliphatic rings. The van der Waals surface area contributed by atoms with Gasteiger partial charge in [0, 0.05) is 0 Å². The number of rotatable bonds is 4. The number of hydrogen-bond acceptors (Lipinski definition) is 1. The molecule has 0 amide bonds. The van der Waals surface area contributed by atoms with Gasteiger partial charge in [-0.1, -0.05) is 0 Å². The molecule has 0 heterocycles. The van der Waals surface area contributed by atoms with Gasteiger partial charge in [0.2, 0.25) is 0 Å². The van der Waals surface area contributed by atoms with Crippen LogP contribution in [0.4, 0.5) is 0 Å². The molecular formula is C14H12Cl2OSn. The molecule has 2 rings (SSSR count). The molecule has 1 nitrogen and oxygen atoms in total. The van der Waals surface area contributed by atoms with Crippen molar-refractivity contribution in [3.05, 3.63) is 69.7 Å². The summed E-state index contributed by atoms with van der Waals surface area (Å²) in [6, 6.07) is 15.2. The molecule has 0 unspecified atom stereocenters. The third-order valence-electron chi connectivity index (χ3n) is 2.58. The molecule has 0 saturated carbocycles. The van der Waals surface area contributed by atoms with Crippen LogP contribution in [0.25, 0.3) is 0 Å². The van der Waals surface area contributed by atoms with E-state index in [-0.39, 0.29) is 0 Å². The van der Waals surface area contributed by atoms with Crippen LogP contribution in [0.5, 0.6) is 0 Å². The fraction of sp³-hybridized carbons (Fsp3) is 0.143. The Bertz CT molecular complexity index is 520. The summed E-state index contributed by atoms with van der Waals surface area (Å²) in [5, 5.41) is 1.40. The van der Waals surface area contributed by atoms with Crippen molar-refractivity contribution in [3.63, 3.8) is 0 Å². The maximum atomic E-state index is 12.2. The molecule has 0 fully saturated rings. The zero-order valence-electron chi connectivity index (χ0n) is 9.70. The van der Waals surface area contributed by atoms with Gasteiger partial charge in [-0.3, -0.25) is 0 Å². The number of benzene rings is 2. The number of halogens is 2. The van der Waals surface area contributed by atoms with Gasteiger partial charge in [-0.15, -0.1) is 0 Å². The normalized spacial score (nSPS) is 10.3. The van der Waals surface area contributed by atoms with E-state index in [1.807, 2.05) is 48.5 Å². The van der Waals surface area contributed by atoms with Crippen LogP contribution in [0.15, 0.2) is 48.5 Å². The van der Waals surface area contributed by atoms with Crippen molar-refractivity contribution in [1.29, 1.82) is 0 Å². The van der Waals surface area contributed by atoms with E-state index in [4.69, 9.17) is 23.2 Å². The van der Waals surface area contributed by atoms with E-state index < -0.39 is 19.7 Å². The van der Waals surface area contributed by atoms with Crippen molar-refractivity contribution in [2.75, 3.05) is 0 Å². The average Bonchev–Trinajstić information content (AvgIpc) is 2.28. The zero-order chi connectivity index (χ0) is 13.0. The Morgan fingerprint density at radius 1 is 0.833 bits per heavy atom. The third kappa shape index (κ3) is 4.38. The van der Waals surface area contributed by atoms with Crippen molar-refractivity contribution in [1.82, 2.24) is 0 Å². The Labute approximate surface area is 124 Å². The molecule has 0 N–H and O–H groups in total. The fourth-order valence-electron chi connectivity index (χ4n) is 1.81. The standard InChI is InChI=1S/2C7H6Cl.O.Sn/c2*1-6-3-2-4-7(8)5-6;;/h2*2-5H,1H2;;. The molecule has 0 bridgehead atoms. The molecule has 0 atom stereocenters. The van der Waals surface area contributed by atoms with Crippen LogP contribution in [0, 0.1) is 0 Å². The SMILES string of the molecule is [O]=[Sn]([CH2]c1cccc(Cl)c1)[CH2]c1cccc(Cl)c1. The molecule has 18 heavy (non-hydrogen) atoms. The molecule has 92 valence electrons. The van der Waals surface area contributed by atoms with E-state index in [9.17, 15) is 3.08 Å². The summed E-state index contributed by atoms with van der Waals surface area (Å²) in [5.41, 5.74) is 2.13. The van der Waals surface area contributed by atoms with Gasteiger partial charge in [0.25, 0.3) is 0 Å². The summed E-state index contributed by atoms with van der Waals surface area (Å²) < 4.78 is 13.6. The minimum absolute atomic E-state index is 0.676. The van der Waals surface area contributed by atoms with Gasteiger partial charge < -0.3 is 0 Å². The Morgan fingerprint density at radius 3 is 1.67 bits per heavy atom. The molecule has 0 aliphatic carbocycles. The second kappa shape index (κ2) is 6.69. The van der Waals surface area contributed by atoms with Crippen LogP contribution in [-0.2, 0) is 12.0 Å². The molecule has 0 aromatic heterocycles. The predicted molar refractivity (Wildman–Crippen MR) is 76.8 cm³/mol. The van der Waals surface area contributed by atoms with Gasteiger partial charge in [0.15, 0.2) is 0 Å².